The lowest BCUT2D eigenvalue weighted by Crippen LogP contribution is -2.29. The van der Waals surface area contributed by atoms with Gasteiger partial charge in [-0.05, 0) is 35.2 Å². The number of nitrogens with zero attached hydrogens (tertiary/aromatic N) is 1. The maximum atomic E-state index is 13.3. The molecule has 0 radical (unpaired) electrons. The lowest BCUT2D eigenvalue weighted by Gasteiger charge is -2.30. The van der Waals surface area contributed by atoms with Gasteiger partial charge in [-0.15, -0.1) is 0 Å². The first kappa shape index (κ1) is 13.4. The zero-order valence-corrected chi connectivity index (χ0v) is 11.0. The summed E-state index contributed by atoms with van der Waals surface area (Å²) >= 11 is 0. The third-order valence-corrected chi connectivity index (χ3v) is 3.83. The number of ketones is 1. The summed E-state index contributed by atoms with van der Waals surface area (Å²) in [7, 11) is 0. The Morgan fingerprint density at radius 3 is 2.48 bits per heavy atom. The molecule has 0 N–H and O–H groups in total. The van der Waals surface area contributed by atoms with Crippen LogP contribution in [-0.2, 0) is 11.2 Å². The van der Waals surface area contributed by atoms with Gasteiger partial charge in [0, 0.05) is 12.0 Å². The van der Waals surface area contributed by atoms with Gasteiger partial charge in [-0.1, -0.05) is 24.3 Å². The van der Waals surface area contributed by atoms with Gasteiger partial charge in [-0.25, -0.2) is 8.78 Å². The predicted molar refractivity (Wildman–Crippen MR) is 72.6 cm³/mol. The Kier molecular flexibility index (Phi) is 3.26. The molecular formula is C17H11F2NO. The highest BCUT2D eigenvalue weighted by molar-refractivity contribution is 5.96. The van der Waals surface area contributed by atoms with E-state index in [2.05, 4.69) is 0 Å². The number of halogens is 2. The molecule has 2 unspecified atom stereocenters. The number of benzene rings is 2. The van der Waals surface area contributed by atoms with Gasteiger partial charge in [0.2, 0.25) is 0 Å². The van der Waals surface area contributed by atoms with E-state index >= 15 is 0 Å². The van der Waals surface area contributed by atoms with Crippen LogP contribution in [0.4, 0.5) is 8.78 Å². The summed E-state index contributed by atoms with van der Waals surface area (Å²) in [6, 6.07) is 12.2. The molecule has 4 heteroatoms. The molecule has 104 valence electrons. The van der Waals surface area contributed by atoms with Crippen LogP contribution in [0.5, 0.6) is 0 Å². The van der Waals surface area contributed by atoms with Gasteiger partial charge in [0.05, 0.1) is 6.07 Å². The summed E-state index contributed by atoms with van der Waals surface area (Å²) in [4.78, 5) is 12.5. The van der Waals surface area contributed by atoms with Crippen molar-refractivity contribution in [3.63, 3.8) is 0 Å². The Hall–Kier alpha value is -2.54. The Bertz CT molecular complexity index is 743. The van der Waals surface area contributed by atoms with Crippen molar-refractivity contribution in [3.8, 4) is 6.07 Å². The lowest BCUT2D eigenvalue weighted by molar-refractivity contribution is -0.121. The van der Waals surface area contributed by atoms with E-state index in [0.29, 0.717) is 6.42 Å². The van der Waals surface area contributed by atoms with Crippen molar-refractivity contribution in [2.75, 3.05) is 0 Å². The van der Waals surface area contributed by atoms with Crippen molar-refractivity contribution < 1.29 is 13.6 Å². The Labute approximate surface area is 120 Å². The minimum Gasteiger partial charge on any atom is -0.297 e. The summed E-state index contributed by atoms with van der Waals surface area (Å²) in [5.74, 6) is -3.38. The summed E-state index contributed by atoms with van der Waals surface area (Å²) in [6.45, 7) is 0. The lowest BCUT2D eigenvalue weighted by atomic mass is 9.71. The van der Waals surface area contributed by atoms with E-state index in [0.717, 1.165) is 29.3 Å². The molecule has 1 aliphatic rings. The van der Waals surface area contributed by atoms with Gasteiger partial charge >= 0.3 is 0 Å². The molecule has 21 heavy (non-hydrogen) atoms. The third-order valence-electron chi connectivity index (χ3n) is 3.83. The molecule has 0 aliphatic heterocycles. The highest BCUT2D eigenvalue weighted by Gasteiger charge is 2.36. The Morgan fingerprint density at radius 1 is 1.19 bits per heavy atom. The van der Waals surface area contributed by atoms with Crippen molar-refractivity contribution in [1.82, 2.24) is 0 Å². The summed E-state index contributed by atoms with van der Waals surface area (Å²) in [5.41, 5.74) is 2.06. The zero-order valence-electron chi connectivity index (χ0n) is 11.0. The first-order valence-corrected chi connectivity index (χ1v) is 6.57. The molecule has 2 nitrogen and oxygen atoms in total. The second-order valence-corrected chi connectivity index (χ2v) is 5.12. The van der Waals surface area contributed by atoms with E-state index in [9.17, 15) is 18.8 Å². The van der Waals surface area contributed by atoms with Gasteiger partial charge in [-0.2, -0.15) is 5.26 Å². The van der Waals surface area contributed by atoms with E-state index in [4.69, 9.17) is 0 Å². The SMILES string of the molecule is N#CC(C(=O)C1Cc2ccccc21)c1cc(F)cc(F)c1. The number of Topliss-reactive ketones (excluding diaryl/α,β-unsaturated/α-hetero) is 1. The highest BCUT2D eigenvalue weighted by atomic mass is 19.1. The summed E-state index contributed by atoms with van der Waals surface area (Å²) in [6.07, 6.45) is 0.574. The normalized spacial score (nSPS) is 17.3. The molecule has 0 fully saturated rings. The van der Waals surface area contributed by atoms with Crippen molar-refractivity contribution in [2.45, 2.75) is 18.3 Å². The standard InChI is InChI=1S/C17H11F2NO/c18-12-5-11(6-13(19)8-12)16(9-20)17(21)15-7-10-3-1-2-4-14(10)15/h1-6,8,15-16H,7H2. The van der Waals surface area contributed by atoms with Crippen LogP contribution in [0.1, 0.15) is 28.5 Å². The molecule has 0 heterocycles. The molecule has 0 bridgehead atoms. The van der Waals surface area contributed by atoms with Crippen LogP contribution in [0, 0.1) is 23.0 Å². The van der Waals surface area contributed by atoms with Crippen LogP contribution in [0.15, 0.2) is 42.5 Å². The zero-order chi connectivity index (χ0) is 15.0. The van der Waals surface area contributed by atoms with Crippen molar-refractivity contribution in [1.29, 1.82) is 5.26 Å². The van der Waals surface area contributed by atoms with Gasteiger partial charge in [0.25, 0.3) is 0 Å². The number of fused-ring (bicyclic) bond motifs is 1. The van der Waals surface area contributed by atoms with Crippen molar-refractivity contribution in [2.24, 2.45) is 0 Å². The van der Waals surface area contributed by atoms with Crippen molar-refractivity contribution in [3.05, 3.63) is 70.8 Å². The van der Waals surface area contributed by atoms with E-state index in [1.807, 2.05) is 30.3 Å². The van der Waals surface area contributed by atoms with Crippen LogP contribution >= 0.6 is 0 Å². The molecular weight excluding hydrogens is 272 g/mol. The first-order chi connectivity index (χ1) is 10.1. The van der Waals surface area contributed by atoms with Gasteiger partial charge in [0.1, 0.15) is 17.6 Å². The van der Waals surface area contributed by atoms with E-state index < -0.39 is 17.6 Å². The summed E-state index contributed by atoms with van der Waals surface area (Å²) < 4.78 is 26.5. The molecule has 2 aromatic carbocycles. The fourth-order valence-electron chi connectivity index (χ4n) is 2.76. The molecule has 0 saturated carbocycles. The van der Waals surface area contributed by atoms with E-state index in [1.165, 1.54) is 0 Å². The average Bonchev–Trinajstić information content (AvgIpc) is 2.40. The molecule has 0 spiro atoms. The largest absolute Gasteiger partial charge is 0.297 e. The third kappa shape index (κ3) is 2.31. The van der Waals surface area contributed by atoms with E-state index in [-0.39, 0.29) is 17.3 Å². The van der Waals surface area contributed by atoms with Gasteiger partial charge in [-0.3, -0.25) is 4.79 Å². The highest BCUT2D eigenvalue weighted by Crippen LogP contribution is 2.39. The minimum absolute atomic E-state index is 0.0735. The molecule has 2 aromatic rings. The fraction of sp³-hybridized carbons (Fsp3) is 0.176. The molecule has 0 aromatic heterocycles. The molecule has 1 aliphatic carbocycles. The molecule has 0 saturated heterocycles. The number of carbonyl (C=O) groups excluding carboxylic acids is 1. The van der Waals surface area contributed by atoms with Crippen LogP contribution in [-0.4, -0.2) is 5.78 Å². The second-order valence-electron chi connectivity index (χ2n) is 5.12. The smallest absolute Gasteiger partial charge is 0.162 e. The molecule has 2 atom stereocenters. The number of hydrogen-bond donors (Lipinski definition) is 0. The number of nitriles is 1. The summed E-state index contributed by atoms with van der Waals surface area (Å²) in [5, 5.41) is 9.23. The number of carbonyl (C=O) groups is 1. The Morgan fingerprint density at radius 2 is 1.86 bits per heavy atom. The van der Waals surface area contributed by atoms with E-state index in [1.54, 1.807) is 0 Å². The average molecular weight is 283 g/mol. The maximum Gasteiger partial charge on any atom is 0.162 e. The predicted octanol–water partition coefficient (Wildman–Crippen LogP) is 3.48. The first-order valence-electron chi connectivity index (χ1n) is 6.57. The topological polar surface area (TPSA) is 40.9 Å². The number of hydrogen-bond acceptors (Lipinski definition) is 2. The fourth-order valence-corrected chi connectivity index (χ4v) is 2.76. The Balaban J connectivity index is 1.92. The van der Waals surface area contributed by atoms with Crippen LogP contribution < -0.4 is 0 Å². The quantitative estimate of drug-likeness (QED) is 0.865. The second kappa shape index (κ2) is 5.10. The van der Waals surface area contributed by atoms with Crippen molar-refractivity contribution >= 4 is 5.78 Å². The van der Waals surface area contributed by atoms with Gasteiger partial charge in [0.15, 0.2) is 5.78 Å². The monoisotopic (exact) mass is 283 g/mol. The molecule has 0 amide bonds. The maximum absolute atomic E-state index is 13.3. The minimum atomic E-state index is -1.14. The van der Waals surface area contributed by atoms with Gasteiger partial charge < -0.3 is 0 Å². The van der Waals surface area contributed by atoms with Crippen LogP contribution in [0.2, 0.25) is 0 Å². The van der Waals surface area contributed by atoms with Crippen LogP contribution in [0.3, 0.4) is 0 Å². The molecule has 3 rings (SSSR count). The number of rotatable bonds is 3. The van der Waals surface area contributed by atoms with Crippen LogP contribution in [0.25, 0.3) is 0 Å².